The molecule has 240 valence electrons. The lowest BCUT2D eigenvalue weighted by Crippen LogP contribution is -1.98. The molecule has 0 amide bonds. The molecule has 2 aromatic heterocycles. The van der Waals surface area contributed by atoms with E-state index >= 15 is 0 Å². The lowest BCUT2D eigenvalue weighted by Gasteiger charge is -2.16. The number of para-hydroxylation sites is 4. The lowest BCUT2D eigenvalue weighted by molar-refractivity contribution is 1.18. The van der Waals surface area contributed by atoms with Crippen LogP contribution in [0, 0.1) is 6.92 Å². The third kappa shape index (κ3) is 4.80. The van der Waals surface area contributed by atoms with E-state index in [4.69, 9.17) is 0 Å². The SMILES string of the molecule is Cc1cccc(-c2cc(-c3ccc(-c4ccc(-n5c6ccccc6c6ccccc65)cc4)cc3)ccc2-n2c3ccccc3c3ccccc32)c1. The Morgan fingerprint density at radius 3 is 1.25 bits per heavy atom. The first-order chi connectivity index (χ1) is 25.2. The number of benzene rings is 8. The lowest BCUT2D eigenvalue weighted by atomic mass is 9.95. The molecule has 0 fully saturated rings. The summed E-state index contributed by atoms with van der Waals surface area (Å²) in [5.41, 5.74) is 15.7. The molecule has 51 heavy (non-hydrogen) atoms. The van der Waals surface area contributed by atoms with Gasteiger partial charge in [-0.1, -0.05) is 145 Å². The van der Waals surface area contributed by atoms with Gasteiger partial charge in [0.05, 0.1) is 27.8 Å². The summed E-state index contributed by atoms with van der Waals surface area (Å²) in [5, 5.41) is 5.10. The molecular weight excluding hydrogens is 617 g/mol. The van der Waals surface area contributed by atoms with Crippen LogP contribution in [0.15, 0.2) is 188 Å². The van der Waals surface area contributed by atoms with Crippen molar-refractivity contribution in [1.29, 1.82) is 0 Å². The van der Waals surface area contributed by atoms with Crippen LogP contribution in [0.1, 0.15) is 5.56 Å². The van der Waals surface area contributed by atoms with Gasteiger partial charge in [0.2, 0.25) is 0 Å². The summed E-state index contributed by atoms with van der Waals surface area (Å²) in [6.07, 6.45) is 0. The summed E-state index contributed by atoms with van der Waals surface area (Å²) in [6.45, 7) is 2.17. The predicted octanol–water partition coefficient (Wildman–Crippen LogP) is 13.2. The maximum absolute atomic E-state index is 2.43. The fourth-order valence-electron chi connectivity index (χ4n) is 8.00. The number of rotatable bonds is 5. The highest BCUT2D eigenvalue weighted by atomic mass is 15.0. The van der Waals surface area contributed by atoms with Gasteiger partial charge in [0, 0.05) is 32.8 Å². The average molecular weight is 651 g/mol. The van der Waals surface area contributed by atoms with Crippen LogP contribution in [0.2, 0.25) is 0 Å². The van der Waals surface area contributed by atoms with Gasteiger partial charge in [0.15, 0.2) is 0 Å². The second kappa shape index (κ2) is 11.8. The minimum Gasteiger partial charge on any atom is -0.309 e. The summed E-state index contributed by atoms with van der Waals surface area (Å²) >= 11 is 0. The maximum Gasteiger partial charge on any atom is 0.0541 e. The van der Waals surface area contributed by atoms with Crippen LogP contribution in [0.4, 0.5) is 0 Å². The van der Waals surface area contributed by atoms with Crippen molar-refractivity contribution in [3.8, 4) is 44.8 Å². The molecule has 0 N–H and O–H groups in total. The normalized spacial score (nSPS) is 11.6. The fourth-order valence-corrected chi connectivity index (χ4v) is 8.00. The van der Waals surface area contributed by atoms with Crippen molar-refractivity contribution in [3.05, 3.63) is 194 Å². The van der Waals surface area contributed by atoms with Crippen molar-refractivity contribution in [2.45, 2.75) is 6.92 Å². The van der Waals surface area contributed by atoms with E-state index in [2.05, 4.69) is 204 Å². The third-order valence-electron chi connectivity index (χ3n) is 10.4. The van der Waals surface area contributed by atoms with Gasteiger partial charge < -0.3 is 9.13 Å². The Bertz CT molecular complexity index is 2800. The number of aryl methyl sites for hydroxylation is 1. The van der Waals surface area contributed by atoms with Gasteiger partial charge >= 0.3 is 0 Å². The van der Waals surface area contributed by atoms with E-state index in [1.54, 1.807) is 0 Å². The number of hydrogen-bond acceptors (Lipinski definition) is 0. The highest BCUT2D eigenvalue weighted by molar-refractivity contribution is 6.10. The van der Waals surface area contributed by atoms with Crippen LogP contribution in [-0.4, -0.2) is 9.13 Å². The minimum absolute atomic E-state index is 1.17. The summed E-state index contributed by atoms with van der Waals surface area (Å²) in [4.78, 5) is 0. The number of aromatic nitrogens is 2. The molecule has 0 aliphatic carbocycles. The molecule has 0 saturated heterocycles. The first-order valence-corrected chi connectivity index (χ1v) is 17.6. The summed E-state index contributed by atoms with van der Waals surface area (Å²) < 4.78 is 4.80. The van der Waals surface area contributed by atoms with E-state index in [1.807, 2.05) is 0 Å². The molecule has 10 rings (SSSR count). The highest BCUT2D eigenvalue weighted by Gasteiger charge is 2.17. The molecule has 0 aliphatic rings. The first kappa shape index (κ1) is 29.3. The number of nitrogens with zero attached hydrogens (tertiary/aromatic N) is 2. The molecular formula is C49H34N2. The Morgan fingerprint density at radius 2 is 0.745 bits per heavy atom. The van der Waals surface area contributed by atoms with Crippen LogP contribution in [0.25, 0.3) is 88.4 Å². The zero-order valence-electron chi connectivity index (χ0n) is 28.3. The van der Waals surface area contributed by atoms with E-state index < -0.39 is 0 Å². The molecule has 0 atom stereocenters. The Morgan fingerprint density at radius 1 is 0.314 bits per heavy atom. The molecule has 2 heteroatoms. The molecule has 0 aliphatic heterocycles. The average Bonchev–Trinajstić information content (AvgIpc) is 3.71. The molecule has 0 radical (unpaired) electrons. The smallest absolute Gasteiger partial charge is 0.0541 e. The molecule has 0 saturated carbocycles. The third-order valence-corrected chi connectivity index (χ3v) is 10.4. The zero-order chi connectivity index (χ0) is 33.9. The standard InChI is InChI=1S/C49H34N2/c1-33-11-10-12-38(31-33)44-32-37(27-30-49(44)51-47-19-8-4-15-42(47)43-16-5-9-20-48(43)51)36-23-21-34(22-24-36)35-25-28-39(29-26-35)50-45-17-6-2-13-40(45)41-14-3-7-18-46(41)50/h2-32H,1H3. The van der Waals surface area contributed by atoms with Crippen molar-refractivity contribution >= 4 is 43.6 Å². The number of fused-ring (bicyclic) bond motifs is 6. The fraction of sp³-hybridized carbons (Fsp3) is 0.0204. The van der Waals surface area contributed by atoms with E-state index in [1.165, 1.54) is 93.9 Å². The van der Waals surface area contributed by atoms with Crippen LogP contribution < -0.4 is 0 Å². The van der Waals surface area contributed by atoms with E-state index in [0.29, 0.717) is 0 Å². The molecule has 0 spiro atoms. The van der Waals surface area contributed by atoms with Crippen molar-refractivity contribution in [2.24, 2.45) is 0 Å². The van der Waals surface area contributed by atoms with Gasteiger partial charge in [-0.15, -0.1) is 0 Å². The first-order valence-electron chi connectivity index (χ1n) is 17.6. The predicted molar refractivity (Wildman–Crippen MR) is 216 cm³/mol. The van der Waals surface area contributed by atoms with E-state index in [9.17, 15) is 0 Å². The van der Waals surface area contributed by atoms with Gasteiger partial charge in [-0.3, -0.25) is 0 Å². The summed E-state index contributed by atoms with van der Waals surface area (Å²) in [6, 6.07) is 68.6. The van der Waals surface area contributed by atoms with Crippen molar-refractivity contribution in [2.75, 3.05) is 0 Å². The minimum atomic E-state index is 1.17. The molecule has 0 unspecified atom stereocenters. The zero-order valence-corrected chi connectivity index (χ0v) is 28.3. The van der Waals surface area contributed by atoms with Crippen LogP contribution in [-0.2, 0) is 0 Å². The Labute approximate surface area is 297 Å². The topological polar surface area (TPSA) is 9.86 Å². The van der Waals surface area contributed by atoms with Crippen molar-refractivity contribution in [1.82, 2.24) is 9.13 Å². The quantitative estimate of drug-likeness (QED) is 0.175. The summed E-state index contributed by atoms with van der Waals surface area (Å²) in [5.74, 6) is 0. The van der Waals surface area contributed by atoms with Crippen LogP contribution in [0.3, 0.4) is 0 Å². The molecule has 2 nitrogen and oxygen atoms in total. The van der Waals surface area contributed by atoms with Crippen LogP contribution in [0.5, 0.6) is 0 Å². The monoisotopic (exact) mass is 650 g/mol. The van der Waals surface area contributed by atoms with Crippen molar-refractivity contribution in [3.63, 3.8) is 0 Å². The van der Waals surface area contributed by atoms with E-state index in [0.717, 1.165) is 0 Å². The van der Waals surface area contributed by atoms with Gasteiger partial charge in [-0.05, 0) is 83.3 Å². The van der Waals surface area contributed by atoms with E-state index in [-0.39, 0.29) is 0 Å². The number of hydrogen-bond donors (Lipinski definition) is 0. The van der Waals surface area contributed by atoms with Crippen LogP contribution >= 0.6 is 0 Å². The van der Waals surface area contributed by atoms with Gasteiger partial charge in [-0.2, -0.15) is 0 Å². The van der Waals surface area contributed by atoms with Gasteiger partial charge in [0.1, 0.15) is 0 Å². The molecule has 10 aromatic rings. The van der Waals surface area contributed by atoms with Gasteiger partial charge in [-0.25, -0.2) is 0 Å². The Balaban J connectivity index is 1.04. The Hall–Kier alpha value is -6.64. The molecule has 0 bridgehead atoms. The Kier molecular flexibility index (Phi) is 6.75. The molecule has 8 aromatic carbocycles. The summed E-state index contributed by atoms with van der Waals surface area (Å²) in [7, 11) is 0. The maximum atomic E-state index is 2.43. The second-order valence-electron chi connectivity index (χ2n) is 13.5. The van der Waals surface area contributed by atoms with Gasteiger partial charge in [0.25, 0.3) is 0 Å². The molecule has 2 heterocycles. The second-order valence-corrected chi connectivity index (χ2v) is 13.5. The largest absolute Gasteiger partial charge is 0.309 e. The highest BCUT2D eigenvalue weighted by Crippen LogP contribution is 2.39. The van der Waals surface area contributed by atoms with Crippen molar-refractivity contribution < 1.29 is 0 Å².